The van der Waals surface area contributed by atoms with Crippen molar-refractivity contribution in [2.24, 2.45) is 0 Å². The second-order valence-corrected chi connectivity index (χ2v) is 4.86. The summed E-state index contributed by atoms with van der Waals surface area (Å²) in [6.45, 7) is 0. The van der Waals surface area contributed by atoms with E-state index in [0.29, 0.717) is 15.7 Å². The number of anilines is 2. The van der Waals surface area contributed by atoms with Crippen LogP contribution in [0.3, 0.4) is 0 Å². The lowest BCUT2D eigenvalue weighted by molar-refractivity contribution is 0.0698. The molecule has 2 rings (SSSR count). The van der Waals surface area contributed by atoms with Crippen molar-refractivity contribution >= 4 is 39.2 Å². The molecule has 4 N–H and O–H groups in total. The van der Waals surface area contributed by atoms with E-state index in [1.165, 1.54) is 6.07 Å². The first kappa shape index (κ1) is 14.1. The molecule has 20 heavy (non-hydrogen) atoms. The summed E-state index contributed by atoms with van der Waals surface area (Å²) in [4.78, 5) is 23.3. The summed E-state index contributed by atoms with van der Waals surface area (Å²) in [6, 6.07) is 11.2. The first-order valence-corrected chi connectivity index (χ1v) is 6.47. The Morgan fingerprint density at radius 3 is 2.35 bits per heavy atom. The van der Waals surface area contributed by atoms with Crippen molar-refractivity contribution in [1.82, 2.24) is 0 Å². The van der Waals surface area contributed by atoms with Crippen LogP contribution < -0.4 is 11.1 Å². The van der Waals surface area contributed by atoms with E-state index in [4.69, 9.17) is 10.8 Å². The maximum atomic E-state index is 12.2. The quantitative estimate of drug-likeness (QED) is 0.752. The SMILES string of the molecule is Nc1ccccc1C(=O)Nc1c(Br)cccc1C(=O)O. The minimum Gasteiger partial charge on any atom is -0.478 e. The molecule has 5 nitrogen and oxygen atoms in total. The van der Waals surface area contributed by atoms with E-state index in [9.17, 15) is 9.59 Å². The molecular formula is C14H11BrN2O3. The minimum absolute atomic E-state index is 0.00206. The van der Waals surface area contributed by atoms with E-state index in [-0.39, 0.29) is 11.3 Å². The van der Waals surface area contributed by atoms with Gasteiger partial charge in [-0.05, 0) is 40.2 Å². The second-order valence-electron chi connectivity index (χ2n) is 4.01. The average Bonchev–Trinajstić information content (AvgIpc) is 2.41. The van der Waals surface area contributed by atoms with Gasteiger partial charge >= 0.3 is 5.97 Å². The molecule has 2 aromatic rings. The number of hydrogen-bond donors (Lipinski definition) is 3. The number of halogens is 1. The Kier molecular flexibility index (Phi) is 4.05. The molecule has 1 amide bonds. The van der Waals surface area contributed by atoms with Crippen LogP contribution >= 0.6 is 15.9 Å². The summed E-state index contributed by atoms with van der Waals surface area (Å²) in [6.07, 6.45) is 0. The number of para-hydroxylation sites is 2. The Morgan fingerprint density at radius 1 is 1.05 bits per heavy atom. The lowest BCUT2D eigenvalue weighted by atomic mass is 10.1. The molecule has 0 aromatic heterocycles. The third-order valence-corrected chi connectivity index (χ3v) is 3.35. The van der Waals surface area contributed by atoms with Crippen molar-refractivity contribution in [2.45, 2.75) is 0 Å². The highest BCUT2D eigenvalue weighted by Gasteiger charge is 2.17. The van der Waals surface area contributed by atoms with Crippen LogP contribution in [0, 0.1) is 0 Å². The van der Waals surface area contributed by atoms with Gasteiger partial charge < -0.3 is 16.2 Å². The topological polar surface area (TPSA) is 92.4 Å². The molecule has 0 atom stereocenters. The molecule has 0 aliphatic rings. The lowest BCUT2D eigenvalue weighted by Crippen LogP contribution is -2.16. The predicted octanol–water partition coefficient (Wildman–Crippen LogP) is 2.98. The van der Waals surface area contributed by atoms with Gasteiger partial charge in [0.1, 0.15) is 0 Å². The smallest absolute Gasteiger partial charge is 0.337 e. The molecule has 102 valence electrons. The van der Waals surface area contributed by atoms with Crippen LogP contribution in [0.2, 0.25) is 0 Å². The Hall–Kier alpha value is -2.34. The number of nitrogen functional groups attached to an aromatic ring is 1. The van der Waals surface area contributed by atoms with E-state index < -0.39 is 11.9 Å². The molecule has 0 bridgehead atoms. The maximum absolute atomic E-state index is 12.2. The zero-order chi connectivity index (χ0) is 14.7. The number of carbonyl (C=O) groups excluding carboxylic acids is 1. The molecule has 0 saturated carbocycles. The van der Waals surface area contributed by atoms with Gasteiger partial charge in [-0.15, -0.1) is 0 Å². The van der Waals surface area contributed by atoms with Crippen LogP contribution in [0.5, 0.6) is 0 Å². The average molecular weight is 335 g/mol. The van der Waals surface area contributed by atoms with Crippen LogP contribution in [-0.2, 0) is 0 Å². The largest absolute Gasteiger partial charge is 0.478 e. The van der Waals surface area contributed by atoms with Gasteiger partial charge in [-0.2, -0.15) is 0 Å². The molecule has 6 heteroatoms. The summed E-state index contributed by atoms with van der Waals surface area (Å²) in [5.41, 5.74) is 6.55. The molecule has 0 aliphatic carbocycles. The van der Waals surface area contributed by atoms with E-state index >= 15 is 0 Å². The zero-order valence-electron chi connectivity index (χ0n) is 10.3. The number of carboxylic acid groups (broad SMARTS) is 1. The number of hydrogen-bond acceptors (Lipinski definition) is 3. The summed E-state index contributed by atoms with van der Waals surface area (Å²) in [5, 5.41) is 11.7. The highest BCUT2D eigenvalue weighted by molar-refractivity contribution is 9.10. The Morgan fingerprint density at radius 2 is 1.70 bits per heavy atom. The molecular weight excluding hydrogens is 324 g/mol. The number of aromatic carboxylic acids is 1. The van der Waals surface area contributed by atoms with Crippen LogP contribution in [0.15, 0.2) is 46.9 Å². The number of benzene rings is 2. The van der Waals surface area contributed by atoms with Gasteiger partial charge in [0, 0.05) is 10.2 Å². The van der Waals surface area contributed by atoms with E-state index in [1.54, 1.807) is 36.4 Å². The van der Waals surface area contributed by atoms with Gasteiger partial charge in [-0.3, -0.25) is 4.79 Å². The van der Waals surface area contributed by atoms with Crippen molar-refractivity contribution in [2.75, 3.05) is 11.1 Å². The summed E-state index contributed by atoms with van der Waals surface area (Å²) < 4.78 is 0.486. The maximum Gasteiger partial charge on any atom is 0.337 e. The fourth-order valence-electron chi connectivity index (χ4n) is 1.71. The summed E-state index contributed by atoms with van der Waals surface area (Å²) in [5.74, 6) is -1.58. The van der Waals surface area contributed by atoms with Crippen LogP contribution in [0.1, 0.15) is 20.7 Å². The van der Waals surface area contributed by atoms with Gasteiger partial charge in [0.2, 0.25) is 0 Å². The number of nitrogens with one attached hydrogen (secondary N) is 1. The van der Waals surface area contributed by atoms with E-state index in [2.05, 4.69) is 21.2 Å². The van der Waals surface area contributed by atoms with Gasteiger partial charge in [0.05, 0.1) is 16.8 Å². The third kappa shape index (κ3) is 2.80. The normalized spacial score (nSPS) is 10.1. The van der Waals surface area contributed by atoms with Crippen molar-refractivity contribution < 1.29 is 14.7 Å². The molecule has 0 heterocycles. The third-order valence-electron chi connectivity index (χ3n) is 2.69. The number of amides is 1. The predicted molar refractivity (Wildman–Crippen MR) is 79.9 cm³/mol. The molecule has 0 unspecified atom stereocenters. The van der Waals surface area contributed by atoms with E-state index in [1.807, 2.05) is 0 Å². The summed E-state index contributed by atoms with van der Waals surface area (Å²) >= 11 is 3.23. The number of carboxylic acids is 1. The minimum atomic E-state index is -1.12. The first-order valence-electron chi connectivity index (χ1n) is 5.68. The van der Waals surface area contributed by atoms with Gasteiger partial charge in [0.25, 0.3) is 5.91 Å². The molecule has 2 aromatic carbocycles. The van der Waals surface area contributed by atoms with Crippen molar-refractivity contribution in [3.05, 3.63) is 58.1 Å². The van der Waals surface area contributed by atoms with E-state index in [0.717, 1.165) is 0 Å². The van der Waals surface area contributed by atoms with Gasteiger partial charge in [-0.1, -0.05) is 18.2 Å². The monoisotopic (exact) mass is 334 g/mol. The fourth-order valence-corrected chi connectivity index (χ4v) is 2.18. The van der Waals surface area contributed by atoms with Crippen molar-refractivity contribution in [1.29, 1.82) is 0 Å². The van der Waals surface area contributed by atoms with Gasteiger partial charge in [0.15, 0.2) is 0 Å². The molecule has 0 aliphatic heterocycles. The fraction of sp³-hybridized carbons (Fsp3) is 0. The molecule has 0 saturated heterocycles. The van der Waals surface area contributed by atoms with Crippen LogP contribution in [0.25, 0.3) is 0 Å². The van der Waals surface area contributed by atoms with Crippen LogP contribution in [-0.4, -0.2) is 17.0 Å². The number of rotatable bonds is 3. The Labute approximate surface area is 123 Å². The van der Waals surface area contributed by atoms with Crippen molar-refractivity contribution in [3.63, 3.8) is 0 Å². The lowest BCUT2D eigenvalue weighted by Gasteiger charge is -2.11. The molecule has 0 spiro atoms. The number of nitrogens with two attached hydrogens (primary N) is 1. The molecule has 0 radical (unpaired) electrons. The zero-order valence-corrected chi connectivity index (χ0v) is 11.8. The first-order chi connectivity index (χ1) is 9.50. The molecule has 0 fully saturated rings. The highest BCUT2D eigenvalue weighted by atomic mass is 79.9. The Balaban J connectivity index is 2.38. The Bertz CT molecular complexity index is 686. The highest BCUT2D eigenvalue weighted by Crippen LogP contribution is 2.27. The van der Waals surface area contributed by atoms with Gasteiger partial charge in [-0.25, -0.2) is 4.79 Å². The van der Waals surface area contributed by atoms with Crippen molar-refractivity contribution in [3.8, 4) is 0 Å². The number of carbonyl (C=O) groups is 2. The summed E-state index contributed by atoms with van der Waals surface area (Å²) in [7, 11) is 0. The second kappa shape index (κ2) is 5.75. The van der Waals surface area contributed by atoms with Crippen LogP contribution in [0.4, 0.5) is 11.4 Å². The standard InChI is InChI=1S/C14H11BrN2O3/c15-10-6-3-5-9(14(19)20)12(10)17-13(18)8-4-1-2-7-11(8)16/h1-7H,16H2,(H,17,18)(H,19,20).